The summed E-state index contributed by atoms with van der Waals surface area (Å²) in [7, 11) is -2.66. The van der Waals surface area contributed by atoms with Gasteiger partial charge < -0.3 is 18.4 Å². The zero-order valence-corrected chi connectivity index (χ0v) is 22.1. The SMILES string of the molecule is CCCCCCCCCCCCCCC(CCC[Si](OCC)(OCC)OCC)C(=O)O. The van der Waals surface area contributed by atoms with Gasteiger partial charge in [-0.25, -0.2) is 0 Å². The Morgan fingerprint density at radius 1 is 0.645 bits per heavy atom. The Morgan fingerprint density at radius 2 is 1.03 bits per heavy atom. The van der Waals surface area contributed by atoms with Gasteiger partial charge in [-0.3, -0.25) is 4.79 Å². The minimum atomic E-state index is -2.66. The van der Waals surface area contributed by atoms with Crippen molar-refractivity contribution in [3.8, 4) is 0 Å². The molecule has 0 saturated carbocycles. The average Bonchev–Trinajstić information content (AvgIpc) is 2.73. The third-order valence-electron chi connectivity index (χ3n) is 5.88. The van der Waals surface area contributed by atoms with Gasteiger partial charge in [0.25, 0.3) is 0 Å². The smallest absolute Gasteiger partial charge is 0.481 e. The quantitative estimate of drug-likeness (QED) is 0.119. The fourth-order valence-electron chi connectivity index (χ4n) is 4.19. The first-order chi connectivity index (χ1) is 15.0. The van der Waals surface area contributed by atoms with Gasteiger partial charge in [0.1, 0.15) is 0 Å². The fourth-order valence-corrected chi connectivity index (χ4v) is 6.83. The molecule has 0 radical (unpaired) electrons. The Hall–Kier alpha value is -0.433. The summed E-state index contributed by atoms with van der Waals surface area (Å²) in [6, 6.07) is 0.699. The number of hydrogen-bond donors (Lipinski definition) is 1. The molecule has 0 aliphatic heterocycles. The molecule has 186 valence electrons. The van der Waals surface area contributed by atoms with E-state index in [2.05, 4.69) is 6.92 Å². The summed E-state index contributed by atoms with van der Waals surface area (Å²) in [4.78, 5) is 11.7. The molecule has 5 nitrogen and oxygen atoms in total. The fraction of sp³-hybridized carbons (Fsp3) is 0.960. The van der Waals surface area contributed by atoms with Crippen LogP contribution in [0.2, 0.25) is 6.04 Å². The normalized spacial score (nSPS) is 12.9. The summed E-state index contributed by atoms with van der Waals surface area (Å²) in [5.74, 6) is -0.931. The summed E-state index contributed by atoms with van der Waals surface area (Å²) in [5.41, 5.74) is 0. The van der Waals surface area contributed by atoms with Gasteiger partial charge in [0.15, 0.2) is 0 Å². The monoisotopic (exact) mass is 460 g/mol. The second-order valence-corrected chi connectivity index (χ2v) is 11.3. The third kappa shape index (κ3) is 16.8. The Balaban J connectivity index is 3.98. The molecule has 0 heterocycles. The van der Waals surface area contributed by atoms with Crippen LogP contribution in [0.5, 0.6) is 0 Å². The molecule has 0 aliphatic rings. The number of unbranched alkanes of at least 4 members (excludes halogenated alkanes) is 11. The molecule has 1 atom stereocenters. The van der Waals surface area contributed by atoms with E-state index in [4.69, 9.17) is 13.3 Å². The van der Waals surface area contributed by atoms with Crippen molar-refractivity contribution in [1.29, 1.82) is 0 Å². The van der Waals surface area contributed by atoms with E-state index in [-0.39, 0.29) is 5.92 Å². The second-order valence-electron chi connectivity index (χ2n) is 8.59. The third-order valence-corrected chi connectivity index (χ3v) is 9.04. The summed E-state index contributed by atoms with van der Waals surface area (Å²) < 4.78 is 17.6. The Kier molecular flexibility index (Phi) is 21.1. The first kappa shape index (κ1) is 30.6. The maximum absolute atomic E-state index is 11.7. The van der Waals surface area contributed by atoms with Crippen LogP contribution in [-0.4, -0.2) is 39.7 Å². The number of aliphatic carboxylic acids is 1. The van der Waals surface area contributed by atoms with Gasteiger partial charge in [-0.1, -0.05) is 84.0 Å². The highest BCUT2D eigenvalue weighted by Crippen LogP contribution is 2.24. The topological polar surface area (TPSA) is 65.0 Å². The van der Waals surface area contributed by atoms with Gasteiger partial charge in [0.05, 0.1) is 5.92 Å². The molecular weight excluding hydrogens is 408 g/mol. The summed E-state index contributed by atoms with van der Waals surface area (Å²) in [5, 5.41) is 9.61. The highest BCUT2D eigenvalue weighted by Gasteiger charge is 2.40. The molecule has 0 rings (SSSR count). The first-order valence-corrected chi connectivity index (χ1v) is 15.1. The van der Waals surface area contributed by atoms with E-state index < -0.39 is 14.8 Å². The van der Waals surface area contributed by atoms with Crippen LogP contribution in [0.25, 0.3) is 0 Å². The average molecular weight is 461 g/mol. The van der Waals surface area contributed by atoms with E-state index in [1.165, 1.54) is 64.2 Å². The van der Waals surface area contributed by atoms with Crippen molar-refractivity contribution in [2.75, 3.05) is 19.8 Å². The van der Waals surface area contributed by atoms with Gasteiger partial charge in [-0.05, 0) is 40.0 Å². The lowest BCUT2D eigenvalue weighted by Crippen LogP contribution is -2.46. The van der Waals surface area contributed by atoms with Gasteiger partial charge in [-0.15, -0.1) is 0 Å². The lowest BCUT2D eigenvalue weighted by Gasteiger charge is -2.28. The molecule has 0 saturated heterocycles. The van der Waals surface area contributed by atoms with Crippen molar-refractivity contribution >= 4 is 14.8 Å². The number of carboxylic acids is 1. The molecule has 0 aromatic heterocycles. The summed E-state index contributed by atoms with van der Waals surface area (Å²) in [6.45, 7) is 9.81. The van der Waals surface area contributed by atoms with E-state index in [0.29, 0.717) is 32.3 Å². The van der Waals surface area contributed by atoms with Crippen LogP contribution < -0.4 is 0 Å². The molecule has 0 spiro atoms. The van der Waals surface area contributed by atoms with Crippen LogP contribution in [0.4, 0.5) is 0 Å². The minimum Gasteiger partial charge on any atom is -0.481 e. The molecule has 6 heteroatoms. The van der Waals surface area contributed by atoms with Crippen LogP contribution in [0.15, 0.2) is 0 Å². The van der Waals surface area contributed by atoms with E-state index >= 15 is 0 Å². The molecule has 31 heavy (non-hydrogen) atoms. The van der Waals surface area contributed by atoms with E-state index in [1.807, 2.05) is 20.8 Å². The number of hydrogen-bond acceptors (Lipinski definition) is 4. The standard InChI is InChI=1S/C25H52O5Si/c1-5-9-10-11-12-13-14-15-16-17-18-19-21-24(25(26)27)22-20-23-31(28-6-2,29-7-3)30-8-4/h24H,5-23H2,1-4H3,(H,26,27). The molecular formula is C25H52O5Si. The molecule has 1 N–H and O–H groups in total. The van der Waals surface area contributed by atoms with Crippen LogP contribution in [-0.2, 0) is 18.1 Å². The highest BCUT2D eigenvalue weighted by molar-refractivity contribution is 6.60. The largest absolute Gasteiger partial charge is 0.500 e. The zero-order valence-electron chi connectivity index (χ0n) is 21.1. The lowest BCUT2D eigenvalue weighted by atomic mass is 9.96. The minimum absolute atomic E-state index is 0.264. The predicted molar refractivity (Wildman–Crippen MR) is 131 cm³/mol. The molecule has 0 aromatic carbocycles. The maximum atomic E-state index is 11.7. The van der Waals surface area contributed by atoms with Crippen molar-refractivity contribution in [3.05, 3.63) is 0 Å². The molecule has 0 aliphatic carbocycles. The van der Waals surface area contributed by atoms with E-state index in [9.17, 15) is 9.90 Å². The second kappa shape index (κ2) is 21.4. The lowest BCUT2D eigenvalue weighted by molar-refractivity contribution is -0.142. The van der Waals surface area contributed by atoms with Gasteiger partial charge in [0, 0.05) is 25.9 Å². The Morgan fingerprint density at radius 3 is 1.42 bits per heavy atom. The number of rotatable bonds is 24. The Bertz CT molecular complexity index is 388. The van der Waals surface area contributed by atoms with Crippen molar-refractivity contribution in [2.24, 2.45) is 5.92 Å². The van der Waals surface area contributed by atoms with Gasteiger partial charge in [0.2, 0.25) is 0 Å². The van der Waals surface area contributed by atoms with E-state index in [0.717, 1.165) is 25.7 Å². The molecule has 0 aromatic rings. The zero-order chi connectivity index (χ0) is 23.2. The van der Waals surface area contributed by atoms with Crippen molar-refractivity contribution < 1.29 is 23.2 Å². The molecule has 0 amide bonds. The van der Waals surface area contributed by atoms with Crippen LogP contribution in [0, 0.1) is 5.92 Å². The molecule has 1 unspecified atom stereocenters. The van der Waals surface area contributed by atoms with Crippen LogP contribution in [0.3, 0.4) is 0 Å². The van der Waals surface area contributed by atoms with Crippen molar-refractivity contribution in [2.45, 2.75) is 130 Å². The number of carboxylic acid groups (broad SMARTS) is 1. The summed E-state index contributed by atoms with van der Waals surface area (Å²) in [6.07, 6.45) is 17.9. The Labute approximate surface area is 194 Å². The molecule has 0 bridgehead atoms. The van der Waals surface area contributed by atoms with Gasteiger partial charge in [-0.2, -0.15) is 0 Å². The maximum Gasteiger partial charge on any atom is 0.500 e. The van der Waals surface area contributed by atoms with Crippen LogP contribution in [0.1, 0.15) is 124 Å². The van der Waals surface area contributed by atoms with Crippen molar-refractivity contribution in [1.82, 2.24) is 0 Å². The number of carbonyl (C=O) groups is 1. The van der Waals surface area contributed by atoms with Gasteiger partial charge >= 0.3 is 14.8 Å². The predicted octanol–water partition coefficient (Wildman–Crippen LogP) is 7.61. The van der Waals surface area contributed by atoms with E-state index in [1.54, 1.807) is 0 Å². The summed E-state index contributed by atoms with van der Waals surface area (Å²) >= 11 is 0. The highest BCUT2D eigenvalue weighted by atomic mass is 28.4. The van der Waals surface area contributed by atoms with Crippen molar-refractivity contribution in [3.63, 3.8) is 0 Å². The molecule has 0 fully saturated rings. The van der Waals surface area contributed by atoms with Crippen LogP contribution >= 0.6 is 0 Å². The first-order valence-electron chi connectivity index (χ1n) is 13.2.